The average molecular weight is 301 g/mol. The second kappa shape index (κ2) is 6.64. The van der Waals surface area contributed by atoms with Crippen molar-refractivity contribution in [1.82, 2.24) is 4.90 Å². The van der Waals surface area contributed by atoms with Crippen LogP contribution in [0.1, 0.15) is 54.4 Å². The number of ether oxygens (including phenoxy) is 3. The van der Waals surface area contributed by atoms with Crippen LogP contribution in [-0.2, 0) is 19.0 Å². The van der Waals surface area contributed by atoms with Crippen LogP contribution in [0.5, 0.6) is 0 Å². The first-order chi connectivity index (χ1) is 9.62. The van der Waals surface area contributed by atoms with E-state index in [1.807, 2.05) is 0 Å². The highest BCUT2D eigenvalue weighted by Gasteiger charge is 2.53. The molecule has 6 heteroatoms. The van der Waals surface area contributed by atoms with Gasteiger partial charge in [0.2, 0.25) is 5.72 Å². The Hall–Kier alpha value is -1.30. The molecular formula is C15H27NO5. The van der Waals surface area contributed by atoms with Crippen LogP contribution in [0, 0.1) is 0 Å². The lowest BCUT2D eigenvalue weighted by Crippen LogP contribution is -2.57. The normalized spacial score (nSPS) is 22.5. The molecule has 6 nitrogen and oxygen atoms in total. The van der Waals surface area contributed by atoms with Crippen LogP contribution in [0.3, 0.4) is 0 Å². The van der Waals surface area contributed by atoms with E-state index in [2.05, 4.69) is 0 Å². The average Bonchev–Trinajstić information content (AvgIpc) is 2.71. The van der Waals surface area contributed by atoms with E-state index in [4.69, 9.17) is 14.2 Å². The third kappa shape index (κ3) is 4.33. The Bertz CT molecular complexity index is 388. The van der Waals surface area contributed by atoms with Crippen LogP contribution in [0.25, 0.3) is 0 Å². The number of hydrogen-bond donors (Lipinski definition) is 0. The molecule has 1 aliphatic rings. The lowest BCUT2D eigenvalue weighted by atomic mass is 10.1. The molecule has 0 spiro atoms. The molecule has 122 valence electrons. The molecule has 1 aliphatic heterocycles. The molecule has 0 radical (unpaired) electrons. The van der Waals surface area contributed by atoms with E-state index in [1.165, 1.54) is 4.90 Å². The summed E-state index contributed by atoms with van der Waals surface area (Å²) < 4.78 is 16.3. The number of hydrogen-bond acceptors (Lipinski definition) is 5. The lowest BCUT2D eigenvalue weighted by molar-refractivity contribution is -0.196. The second-order valence-corrected chi connectivity index (χ2v) is 6.41. The monoisotopic (exact) mass is 301 g/mol. The molecule has 0 bridgehead atoms. The Morgan fingerprint density at radius 2 is 1.90 bits per heavy atom. The summed E-state index contributed by atoms with van der Waals surface area (Å²) >= 11 is 0. The Kier molecular flexibility index (Phi) is 5.61. The van der Waals surface area contributed by atoms with Crippen molar-refractivity contribution in [2.45, 2.75) is 71.8 Å². The Morgan fingerprint density at radius 1 is 1.29 bits per heavy atom. The number of carbonyl (C=O) groups is 2. The first-order valence-electron chi connectivity index (χ1n) is 7.48. The number of rotatable bonds is 4. The van der Waals surface area contributed by atoms with Crippen LogP contribution in [0.2, 0.25) is 0 Å². The number of likely N-dealkylation sites (tertiary alicyclic amines) is 1. The van der Waals surface area contributed by atoms with Crippen LogP contribution >= 0.6 is 0 Å². The summed E-state index contributed by atoms with van der Waals surface area (Å²) in [5.41, 5.74) is -1.99. The van der Waals surface area contributed by atoms with Gasteiger partial charge in [0, 0.05) is 19.6 Å². The van der Waals surface area contributed by atoms with Crippen LogP contribution < -0.4 is 0 Å². The SMILES string of the molecule is CCO[C@@]1(C(=O)OC(C)C)CCCN1C(=O)OC(C)(C)C. The molecule has 0 aromatic carbocycles. The van der Waals surface area contributed by atoms with Crippen LogP contribution in [0.4, 0.5) is 4.79 Å². The van der Waals surface area contributed by atoms with Crippen molar-refractivity contribution in [1.29, 1.82) is 0 Å². The van der Waals surface area contributed by atoms with Gasteiger partial charge in [-0.1, -0.05) is 0 Å². The van der Waals surface area contributed by atoms with Crippen molar-refractivity contribution in [2.75, 3.05) is 13.2 Å². The van der Waals surface area contributed by atoms with E-state index in [0.29, 0.717) is 26.0 Å². The summed E-state index contributed by atoms with van der Waals surface area (Å²) in [5.74, 6) is -0.525. The van der Waals surface area contributed by atoms with Gasteiger partial charge in [0.25, 0.3) is 0 Å². The van der Waals surface area contributed by atoms with E-state index >= 15 is 0 Å². The van der Waals surface area contributed by atoms with Gasteiger partial charge in [-0.3, -0.25) is 4.90 Å². The summed E-state index contributed by atoms with van der Waals surface area (Å²) in [6, 6.07) is 0. The molecule has 21 heavy (non-hydrogen) atoms. The minimum absolute atomic E-state index is 0.268. The molecule has 0 aromatic heterocycles. The summed E-state index contributed by atoms with van der Waals surface area (Å²) in [6.45, 7) is 11.4. The smallest absolute Gasteiger partial charge is 0.413 e. The van der Waals surface area contributed by atoms with Gasteiger partial charge >= 0.3 is 12.1 Å². The fourth-order valence-corrected chi connectivity index (χ4v) is 2.31. The zero-order chi connectivity index (χ0) is 16.3. The molecule has 0 aliphatic carbocycles. The molecule has 1 heterocycles. The lowest BCUT2D eigenvalue weighted by Gasteiger charge is -2.36. The standard InChI is InChI=1S/C15H27NO5/c1-7-19-15(12(17)20-11(2)3)9-8-10-16(15)13(18)21-14(4,5)6/h11H,7-10H2,1-6H3/t15-/m1/s1. The number of amides is 1. The maximum Gasteiger partial charge on any atom is 0.413 e. The molecule has 0 N–H and O–H groups in total. The molecule has 1 atom stereocenters. The molecule has 0 saturated carbocycles. The van der Waals surface area contributed by atoms with Gasteiger partial charge in [-0.05, 0) is 48.0 Å². The molecule has 1 saturated heterocycles. The maximum atomic E-state index is 12.5. The molecular weight excluding hydrogens is 274 g/mol. The Morgan fingerprint density at radius 3 is 2.38 bits per heavy atom. The largest absolute Gasteiger partial charge is 0.459 e. The van der Waals surface area contributed by atoms with E-state index in [9.17, 15) is 9.59 Å². The maximum absolute atomic E-state index is 12.5. The number of carbonyl (C=O) groups excluding carboxylic acids is 2. The van der Waals surface area contributed by atoms with Gasteiger partial charge in [-0.2, -0.15) is 0 Å². The fourth-order valence-electron chi connectivity index (χ4n) is 2.31. The van der Waals surface area contributed by atoms with Crippen LogP contribution in [-0.4, -0.2) is 47.5 Å². The topological polar surface area (TPSA) is 65.1 Å². The molecule has 1 amide bonds. The van der Waals surface area contributed by atoms with Crippen molar-refractivity contribution in [2.24, 2.45) is 0 Å². The quantitative estimate of drug-likeness (QED) is 0.747. The minimum atomic E-state index is -1.36. The van der Waals surface area contributed by atoms with Crippen molar-refractivity contribution >= 4 is 12.1 Å². The first-order valence-corrected chi connectivity index (χ1v) is 7.48. The van der Waals surface area contributed by atoms with Gasteiger partial charge in [0.1, 0.15) is 5.60 Å². The summed E-state index contributed by atoms with van der Waals surface area (Å²) in [4.78, 5) is 26.2. The molecule has 0 unspecified atom stereocenters. The highest BCUT2D eigenvalue weighted by Crippen LogP contribution is 2.33. The predicted molar refractivity (Wildman–Crippen MR) is 77.8 cm³/mol. The Balaban J connectivity index is 2.99. The van der Waals surface area contributed by atoms with Gasteiger partial charge in [-0.25, -0.2) is 9.59 Å². The van der Waals surface area contributed by atoms with Crippen molar-refractivity contribution in [3.63, 3.8) is 0 Å². The molecule has 0 aromatic rings. The number of nitrogens with zero attached hydrogens (tertiary/aromatic N) is 1. The van der Waals surface area contributed by atoms with E-state index in [0.717, 1.165) is 0 Å². The van der Waals surface area contributed by atoms with E-state index in [1.54, 1.807) is 41.5 Å². The second-order valence-electron chi connectivity index (χ2n) is 6.41. The van der Waals surface area contributed by atoms with Crippen LogP contribution in [0.15, 0.2) is 0 Å². The summed E-state index contributed by atoms with van der Waals surface area (Å²) in [6.07, 6.45) is 0.281. The van der Waals surface area contributed by atoms with Gasteiger partial charge < -0.3 is 14.2 Å². The molecule has 1 fully saturated rings. The third-order valence-electron chi connectivity index (χ3n) is 2.99. The fraction of sp³-hybridized carbons (Fsp3) is 0.867. The highest BCUT2D eigenvalue weighted by molar-refractivity contribution is 5.85. The zero-order valence-electron chi connectivity index (χ0n) is 13.9. The minimum Gasteiger partial charge on any atom is -0.459 e. The number of esters is 1. The zero-order valence-corrected chi connectivity index (χ0v) is 13.9. The van der Waals surface area contributed by atoms with Crippen molar-refractivity contribution in [3.05, 3.63) is 0 Å². The predicted octanol–water partition coefficient (Wildman–Crippen LogP) is 2.70. The van der Waals surface area contributed by atoms with E-state index in [-0.39, 0.29) is 6.10 Å². The Labute approximate surface area is 126 Å². The highest BCUT2D eigenvalue weighted by atomic mass is 16.6. The van der Waals surface area contributed by atoms with Crippen molar-refractivity contribution < 1.29 is 23.8 Å². The summed E-state index contributed by atoms with van der Waals surface area (Å²) in [7, 11) is 0. The molecule has 1 rings (SSSR count). The van der Waals surface area contributed by atoms with Gasteiger partial charge in [0.15, 0.2) is 0 Å². The van der Waals surface area contributed by atoms with Gasteiger partial charge in [-0.15, -0.1) is 0 Å². The van der Waals surface area contributed by atoms with Crippen molar-refractivity contribution in [3.8, 4) is 0 Å². The van der Waals surface area contributed by atoms with Gasteiger partial charge in [0.05, 0.1) is 6.10 Å². The van der Waals surface area contributed by atoms with E-state index < -0.39 is 23.4 Å². The summed E-state index contributed by atoms with van der Waals surface area (Å²) in [5, 5.41) is 0. The third-order valence-corrected chi connectivity index (χ3v) is 2.99. The first kappa shape index (κ1) is 17.8.